The predicted octanol–water partition coefficient (Wildman–Crippen LogP) is 7.29. The van der Waals surface area contributed by atoms with Crippen molar-refractivity contribution in [3.63, 3.8) is 0 Å². The van der Waals surface area contributed by atoms with Gasteiger partial charge < -0.3 is 14.4 Å². The van der Waals surface area contributed by atoms with E-state index < -0.39 is 17.8 Å². The smallest absolute Gasteiger partial charge is 0.335 e. The van der Waals surface area contributed by atoms with Crippen molar-refractivity contribution >= 4 is 46.9 Å². The molecule has 1 N–H and O–H groups in total. The average Bonchev–Trinajstić information content (AvgIpc) is 3.08. The van der Waals surface area contributed by atoms with Gasteiger partial charge in [0.2, 0.25) is 0 Å². The molecule has 3 aliphatic rings. The van der Waals surface area contributed by atoms with E-state index in [4.69, 9.17) is 21.1 Å². The highest BCUT2D eigenvalue weighted by Crippen LogP contribution is 2.50. The molecule has 3 aliphatic heterocycles. The number of rotatable bonds is 7. The van der Waals surface area contributed by atoms with Crippen LogP contribution in [0.25, 0.3) is 6.08 Å². The molecule has 1 fully saturated rings. The van der Waals surface area contributed by atoms with Crippen LogP contribution in [0.5, 0.6) is 11.5 Å². The van der Waals surface area contributed by atoms with Crippen LogP contribution in [0.4, 0.5) is 16.2 Å². The molecular formula is C38H34ClN3O5. The molecule has 0 aromatic heterocycles. The molecule has 0 saturated carbocycles. The Labute approximate surface area is 278 Å². The second kappa shape index (κ2) is 12.6. The molecule has 0 spiro atoms. The quantitative estimate of drug-likeness (QED) is 0.167. The number of hydrogen-bond donors (Lipinski definition) is 1. The van der Waals surface area contributed by atoms with E-state index in [1.54, 1.807) is 12.1 Å². The number of benzene rings is 4. The zero-order valence-electron chi connectivity index (χ0n) is 26.2. The summed E-state index contributed by atoms with van der Waals surface area (Å²) in [4.78, 5) is 44.4. The van der Waals surface area contributed by atoms with E-state index >= 15 is 0 Å². The largest absolute Gasteiger partial charge is 0.491 e. The van der Waals surface area contributed by atoms with Gasteiger partial charge in [-0.05, 0) is 77.9 Å². The molecule has 2 atom stereocenters. The van der Waals surface area contributed by atoms with Gasteiger partial charge in [0, 0.05) is 30.6 Å². The maximum atomic E-state index is 14.2. The fourth-order valence-corrected chi connectivity index (χ4v) is 7.46. The monoisotopic (exact) mass is 647 g/mol. The number of hydrogen-bond acceptors (Lipinski definition) is 6. The Kier molecular flexibility index (Phi) is 8.20. The molecule has 238 valence electrons. The van der Waals surface area contributed by atoms with E-state index in [9.17, 15) is 14.4 Å². The number of barbiturate groups is 1. The van der Waals surface area contributed by atoms with Crippen molar-refractivity contribution in [3.05, 3.63) is 123 Å². The molecule has 47 heavy (non-hydrogen) atoms. The van der Waals surface area contributed by atoms with Crippen LogP contribution in [0.1, 0.15) is 59.4 Å². The van der Waals surface area contributed by atoms with Crippen LogP contribution in [0.15, 0.2) is 90.5 Å². The molecule has 1 saturated heterocycles. The van der Waals surface area contributed by atoms with Gasteiger partial charge in [0.25, 0.3) is 11.8 Å². The number of nitrogens with zero attached hydrogens (tertiary/aromatic N) is 2. The minimum absolute atomic E-state index is 0.0775. The Balaban J connectivity index is 1.37. The van der Waals surface area contributed by atoms with Crippen molar-refractivity contribution in [2.75, 3.05) is 36.6 Å². The van der Waals surface area contributed by atoms with Gasteiger partial charge in [0.15, 0.2) is 11.5 Å². The molecule has 0 bridgehead atoms. The van der Waals surface area contributed by atoms with E-state index in [1.165, 1.54) is 30.0 Å². The summed E-state index contributed by atoms with van der Waals surface area (Å²) in [6.45, 7) is 4.02. The van der Waals surface area contributed by atoms with Gasteiger partial charge in [-0.1, -0.05) is 72.3 Å². The Morgan fingerprint density at radius 1 is 0.872 bits per heavy atom. The Morgan fingerprint density at radius 3 is 2.02 bits per heavy atom. The molecule has 4 aromatic rings. The summed E-state index contributed by atoms with van der Waals surface area (Å²) in [5.74, 6) is -0.613. The highest BCUT2D eigenvalue weighted by molar-refractivity contribution is 6.39. The first kappa shape index (κ1) is 30.6. The van der Waals surface area contributed by atoms with Crippen molar-refractivity contribution in [3.8, 4) is 11.5 Å². The Morgan fingerprint density at radius 2 is 1.47 bits per heavy atom. The number of carbonyl (C=O) groups is 3. The average molecular weight is 648 g/mol. The summed E-state index contributed by atoms with van der Waals surface area (Å²) in [5, 5.41) is 2.65. The van der Waals surface area contributed by atoms with Gasteiger partial charge >= 0.3 is 6.03 Å². The highest BCUT2D eigenvalue weighted by atomic mass is 35.5. The fourth-order valence-electron chi connectivity index (χ4n) is 7.16. The summed E-state index contributed by atoms with van der Waals surface area (Å²) in [7, 11) is 1.49. The molecule has 0 unspecified atom stereocenters. The van der Waals surface area contributed by atoms with Crippen molar-refractivity contribution in [1.29, 1.82) is 0 Å². The van der Waals surface area contributed by atoms with E-state index in [1.807, 2.05) is 55.5 Å². The normalized spacial score (nSPS) is 19.8. The lowest BCUT2D eigenvalue weighted by molar-refractivity contribution is -0.122. The van der Waals surface area contributed by atoms with Crippen molar-refractivity contribution < 1.29 is 23.9 Å². The summed E-state index contributed by atoms with van der Waals surface area (Å²) < 4.78 is 11.1. The molecular weight excluding hydrogens is 614 g/mol. The SMILES string of the molecule is CCOc1cc(/C=C2\C(=O)NC(=O)N(c3cc4c5c(c3)[C@H](c3ccccc3)CCN5CC[C@H]4c3ccccc3)C2=O)cc(Cl)c1OC. The number of amides is 4. The Hall–Kier alpha value is -5.08. The number of methoxy groups -OCH3 is 1. The van der Waals surface area contributed by atoms with Crippen molar-refractivity contribution in [2.45, 2.75) is 31.6 Å². The zero-order chi connectivity index (χ0) is 32.7. The van der Waals surface area contributed by atoms with E-state index in [-0.39, 0.29) is 22.4 Å². The first-order valence-electron chi connectivity index (χ1n) is 15.8. The molecule has 4 amide bonds. The first-order valence-corrected chi connectivity index (χ1v) is 16.2. The van der Waals surface area contributed by atoms with Gasteiger partial charge in [-0.25, -0.2) is 9.69 Å². The predicted molar refractivity (Wildman–Crippen MR) is 183 cm³/mol. The summed E-state index contributed by atoms with van der Waals surface area (Å²) in [5.41, 5.74) is 6.36. The molecule has 0 radical (unpaired) electrons. The van der Waals surface area contributed by atoms with Crippen molar-refractivity contribution in [2.24, 2.45) is 0 Å². The van der Waals surface area contributed by atoms with Crippen LogP contribution in [-0.4, -0.2) is 44.7 Å². The lowest BCUT2D eigenvalue weighted by Crippen LogP contribution is -2.54. The van der Waals surface area contributed by atoms with Crippen LogP contribution >= 0.6 is 11.6 Å². The zero-order valence-corrected chi connectivity index (χ0v) is 26.9. The third-order valence-corrected chi connectivity index (χ3v) is 9.49. The minimum Gasteiger partial charge on any atom is -0.491 e. The van der Waals surface area contributed by atoms with Gasteiger partial charge in [0.1, 0.15) is 5.57 Å². The second-order valence-corrected chi connectivity index (χ2v) is 12.3. The first-order chi connectivity index (χ1) is 22.9. The maximum Gasteiger partial charge on any atom is 0.335 e. The van der Waals surface area contributed by atoms with Gasteiger partial charge in [-0.3, -0.25) is 14.9 Å². The number of halogens is 1. The number of anilines is 2. The van der Waals surface area contributed by atoms with Gasteiger partial charge in [-0.2, -0.15) is 0 Å². The Bertz CT molecular complexity index is 1840. The van der Waals surface area contributed by atoms with Crippen LogP contribution in [0.2, 0.25) is 5.02 Å². The molecule has 7 rings (SSSR count). The number of carbonyl (C=O) groups excluding carboxylic acids is 3. The van der Waals surface area contributed by atoms with Gasteiger partial charge in [-0.15, -0.1) is 0 Å². The third kappa shape index (κ3) is 5.52. The van der Waals surface area contributed by atoms with Crippen LogP contribution in [0, 0.1) is 0 Å². The van der Waals surface area contributed by atoms with Crippen LogP contribution in [0.3, 0.4) is 0 Å². The lowest BCUT2D eigenvalue weighted by Gasteiger charge is -2.44. The van der Waals surface area contributed by atoms with Crippen LogP contribution in [-0.2, 0) is 9.59 Å². The van der Waals surface area contributed by atoms with E-state index in [0.29, 0.717) is 29.4 Å². The number of imide groups is 2. The molecule has 4 aromatic carbocycles. The third-order valence-electron chi connectivity index (χ3n) is 9.21. The fraction of sp³-hybridized carbons (Fsp3) is 0.237. The van der Waals surface area contributed by atoms with E-state index in [0.717, 1.165) is 42.0 Å². The highest BCUT2D eigenvalue weighted by Gasteiger charge is 2.40. The van der Waals surface area contributed by atoms with Gasteiger partial charge in [0.05, 0.1) is 24.4 Å². The summed E-state index contributed by atoms with van der Waals surface area (Å²) in [6.07, 6.45) is 3.23. The topological polar surface area (TPSA) is 88.2 Å². The van der Waals surface area contributed by atoms with Crippen molar-refractivity contribution in [1.82, 2.24) is 5.32 Å². The molecule has 3 heterocycles. The molecule has 8 nitrogen and oxygen atoms in total. The van der Waals surface area contributed by atoms with E-state index in [2.05, 4.69) is 34.5 Å². The summed E-state index contributed by atoms with van der Waals surface area (Å²) >= 11 is 6.47. The minimum atomic E-state index is -0.789. The standard InChI is InChI=1S/C38H34ClN3O5/c1-3-47-33-20-23(19-32(39)35(33)46-2)18-31-36(43)40-38(45)42(37(31)44)26-21-29-27(24-10-6-4-7-11-24)14-16-41-17-15-28(30(22-26)34(29)41)25-12-8-5-9-13-25/h4-13,18-22,27-28H,3,14-17H2,1-2H3,(H,40,43,45)/b31-18+/t27-,28-/m0/s1. The molecule has 9 heteroatoms. The summed E-state index contributed by atoms with van der Waals surface area (Å²) in [6, 6.07) is 27.0. The number of ether oxygens (including phenoxy) is 2. The lowest BCUT2D eigenvalue weighted by atomic mass is 9.76. The molecule has 0 aliphatic carbocycles. The number of nitrogens with one attached hydrogen (secondary N) is 1. The van der Waals surface area contributed by atoms with Crippen LogP contribution < -0.4 is 24.6 Å². The number of urea groups is 1. The maximum absolute atomic E-state index is 14.2. The second-order valence-electron chi connectivity index (χ2n) is 11.9.